The zero-order valence-corrected chi connectivity index (χ0v) is 14.5. The molecule has 0 bridgehead atoms. The fraction of sp³-hybridized carbons (Fsp3) is 0.353. The van der Waals surface area contributed by atoms with Gasteiger partial charge in [0, 0.05) is 35.6 Å². The normalized spacial score (nSPS) is 18.0. The van der Waals surface area contributed by atoms with E-state index in [0.29, 0.717) is 27.7 Å². The van der Waals surface area contributed by atoms with Crippen molar-refractivity contribution >= 4 is 28.8 Å². The first-order valence-electron chi connectivity index (χ1n) is 7.44. The molecule has 0 aliphatic heterocycles. The summed E-state index contributed by atoms with van der Waals surface area (Å²) in [4.78, 5) is 0. The van der Waals surface area contributed by atoms with Crippen LogP contribution >= 0.6 is 23.2 Å². The summed E-state index contributed by atoms with van der Waals surface area (Å²) in [7, 11) is 1.53. The Kier molecular flexibility index (Phi) is 4.95. The molecule has 1 aromatic carbocycles. The number of benzene rings is 1. The Hall–Kier alpha value is -1.43. The fourth-order valence-electron chi connectivity index (χ4n) is 2.91. The van der Waals surface area contributed by atoms with E-state index in [4.69, 9.17) is 27.9 Å². The van der Waals surface area contributed by atoms with E-state index in [9.17, 15) is 8.78 Å². The van der Waals surface area contributed by atoms with Crippen molar-refractivity contribution in [2.45, 2.75) is 25.3 Å². The SMILES string of the molecule is COC/C=C1\CC(F)(F)Cc2cnn(Cc3ccc(Cl)cc3Cl)c21. The minimum Gasteiger partial charge on any atom is -0.381 e. The molecule has 1 aliphatic carbocycles. The number of hydrogen-bond acceptors (Lipinski definition) is 2. The monoisotopic (exact) mass is 372 g/mol. The number of ether oxygens (including phenoxy) is 1. The molecule has 0 spiro atoms. The van der Waals surface area contributed by atoms with Crippen molar-refractivity contribution in [1.29, 1.82) is 0 Å². The standard InChI is InChI=1S/C17H16Cl2F2N2O/c1-24-5-4-11-7-17(20,21)8-13-9-22-23(16(11)13)10-12-2-3-14(18)6-15(12)19/h2-4,6,9H,5,7-8,10H2,1H3/b11-4+. The highest BCUT2D eigenvalue weighted by atomic mass is 35.5. The molecule has 3 nitrogen and oxygen atoms in total. The molecular formula is C17H16Cl2F2N2O. The molecule has 1 heterocycles. The second-order valence-corrected chi connectivity index (χ2v) is 6.65. The molecular weight excluding hydrogens is 357 g/mol. The van der Waals surface area contributed by atoms with Crippen LogP contribution < -0.4 is 0 Å². The molecule has 0 radical (unpaired) electrons. The maximum Gasteiger partial charge on any atom is 0.256 e. The first kappa shape index (κ1) is 17.4. The molecule has 0 fully saturated rings. The largest absolute Gasteiger partial charge is 0.381 e. The molecule has 3 rings (SSSR count). The smallest absolute Gasteiger partial charge is 0.256 e. The van der Waals surface area contributed by atoms with Crippen LogP contribution in [-0.2, 0) is 17.7 Å². The lowest BCUT2D eigenvalue weighted by atomic mass is 9.89. The third kappa shape index (κ3) is 3.63. The summed E-state index contributed by atoms with van der Waals surface area (Å²) in [6.07, 6.45) is 2.57. The average molecular weight is 373 g/mol. The van der Waals surface area contributed by atoms with Gasteiger partial charge in [-0.3, -0.25) is 4.68 Å². The Bertz CT molecular complexity index is 787. The second kappa shape index (κ2) is 6.82. The predicted octanol–water partition coefficient (Wildman–Crippen LogP) is 4.85. The highest BCUT2D eigenvalue weighted by Crippen LogP contribution is 2.40. The molecule has 0 saturated heterocycles. The van der Waals surface area contributed by atoms with Crippen molar-refractivity contribution in [1.82, 2.24) is 9.78 Å². The quantitative estimate of drug-likeness (QED) is 0.766. The molecule has 0 atom stereocenters. The van der Waals surface area contributed by atoms with Crippen molar-refractivity contribution in [2.75, 3.05) is 13.7 Å². The first-order valence-corrected chi connectivity index (χ1v) is 8.20. The lowest BCUT2D eigenvalue weighted by Crippen LogP contribution is -2.26. The summed E-state index contributed by atoms with van der Waals surface area (Å²) in [5, 5.41) is 5.36. The highest BCUT2D eigenvalue weighted by molar-refractivity contribution is 6.35. The average Bonchev–Trinajstić information content (AvgIpc) is 2.89. The van der Waals surface area contributed by atoms with Gasteiger partial charge in [-0.1, -0.05) is 35.3 Å². The number of methoxy groups -OCH3 is 1. The molecule has 24 heavy (non-hydrogen) atoms. The molecule has 7 heteroatoms. The summed E-state index contributed by atoms with van der Waals surface area (Å²) >= 11 is 12.1. The number of fused-ring (bicyclic) bond motifs is 1. The molecule has 0 unspecified atom stereocenters. The van der Waals surface area contributed by atoms with Crippen molar-refractivity contribution in [3.05, 3.63) is 57.3 Å². The van der Waals surface area contributed by atoms with Crippen molar-refractivity contribution in [3.63, 3.8) is 0 Å². The van der Waals surface area contributed by atoms with Gasteiger partial charge in [0.05, 0.1) is 25.0 Å². The number of hydrogen-bond donors (Lipinski definition) is 0. The van der Waals surface area contributed by atoms with Crippen LogP contribution in [0.2, 0.25) is 10.0 Å². The third-order valence-electron chi connectivity index (χ3n) is 3.95. The molecule has 128 valence electrons. The van der Waals surface area contributed by atoms with Crippen LogP contribution in [0.25, 0.3) is 5.57 Å². The van der Waals surface area contributed by atoms with Crippen LogP contribution in [0.3, 0.4) is 0 Å². The summed E-state index contributed by atoms with van der Waals surface area (Å²) in [5.74, 6) is -2.77. The summed E-state index contributed by atoms with van der Waals surface area (Å²) in [5.41, 5.74) is 2.64. The Morgan fingerprint density at radius 3 is 2.83 bits per heavy atom. The molecule has 1 aliphatic rings. The summed E-state index contributed by atoms with van der Waals surface area (Å²) in [6, 6.07) is 5.22. The summed E-state index contributed by atoms with van der Waals surface area (Å²) < 4.78 is 34.6. The number of allylic oxidation sites excluding steroid dienone is 1. The minimum atomic E-state index is -2.77. The molecule has 1 aromatic heterocycles. The van der Waals surface area contributed by atoms with Crippen LogP contribution in [0.5, 0.6) is 0 Å². The molecule has 0 saturated carbocycles. The van der Waals surface area contributed by atoms with E-state index in [0.717, 1.165) is 11.3 Å². The van der Waals surface area contributed by atoms with Crippen LogP contribution in [0.15, 0.2) is 30.5 Å². The van der Waals surface area contributed by atoms with Crippen LogP contribution in [0, 0.1) is 0 Å². The van der Waals surface area contributed by atoms with Gasteiger partial charge in [-0.15, -0.1) is 0 Å². The number of rotatable bonds is 4. The number of halogens is 4. The highest BCUT2D eigenvalue weighted by Gasteiger charge is 2.38. The van der Waals surface area contributed by atoms with Gasteiger partial charge in [0.2, 0.25) is 0 Å². The van der Waals surface area contributed by atoms with E-state index < -0.39 is 5.92 Å². The van der Waals surface area contributed by atoms with E-state index in [2.05, 4.69) is 5.10 Å². The third-order valence-corrected chi connectivity index (χ3v) is 4.54. The lowest BCUT2D eigenvalue weighted by molar-refractivity contribution is 0.00411. The zero-order valence-electron chi connectivity index (χ0n) is 13.0. The number of aromatic nitrogens is 2. The van der Waals surface area contributed by atoms with Gasteiger partial charge in [0.15, 0.2) is 0 Å². The zero-order chi connectivity index (χ0) is 17.3. The minimum absolute atomic E-state index is 0.276. The second-order valence-electron chi connectivity index (χ2n) is 5.81. The van der Waals surface area contributed by atoms with Gasteiger partial charge < -0.3 is 4.74 Å². The fourth-order valence-corrected chi connectivity index (χ4v) is 3.38. The van der Waals surface area contributed by atoms with Gasteiger partial charge in [-0.25, -0.2) is 8.78 Å². The van der Waals surface area contributed by atoms with Crippen molar-refractivity contribution in [3.8, 4) is 0 Å². The first-order chi connectivity index (χ1) is 11.4. The van der Waals surface area contributed by atoms with Crippen LogP contribution in [0.1, 0.15) is 23.2 Å². The molecule has 2 aromatic rings. The maximum atomic E-state index is 14.0. The van der Waals surface area contributed by atoms with Crippen molar-refractivity contribution in [2.24, 2.45) is 0 Å². The summed E-state index contributed by atoms with van der Waals surface area (Å²) in [6.45, 7) is 0.666. The number of alkyl halides is 2. The van der Waals surface area contributed by atoms with E-state index in [1.54, 1.807) is 22.9 Å². The Balaban J connectivity index is 1.98. The topological polar surface area (TPSA) is 27.1 Å². The van der Waals surface area contributed by atoms with Gasteiger partial charge in [-0.2, -0.15) is 5.10 Å². The van der Waals surface area contributed by atoms with Crippen molar-refractivity contribution < 1.29 is 13.5 Å². The van der Waals surface area contributed by atoms with E-state index >= 15 is 0 Å². The van der Waals surface area contributed by atoms with Gasteiger partial charge in [-0.05, 0) is 23.3 Å². The number of nitrogens with zero attached hydrogens (tertiary/aromatic N) is 2. The molecule has 0 N–H and O–H groups in total. The Labute approximate surface area is 148 Å². The lowest BCUT2D eigenvalue weighted by Gasteiger charge is -2.25. The van der Waals surface area contributed by atoms with Crippen LogP contribution in [-0.4, -0.2) is 29.4 Å². The van der Waals surface area contributed by atoms with Gasteiger partial charge >= 0.3 is 0 Å². The van der Waals surface area contributed by atoms with Gasteiger partial charge in [0.1, 0.15) is 0 Å². The predicted molar refractivity (Wildman–Crippen MR) is 90.9 cm³/mol. The molecule has 0 amide bonds. The Morgan fingerprint density at radius 2 is 2.12 bits per heavy atom. The van der Waals surface area contributed by atoms with E-state index in [1.807, 2.05) is 6.07 Å². The van der Waals surface area contributed by atoms with E-state index in [1.165, 1.54) is 13.3 Å². The Morgan fingerprint density at radius 1 is 1.33 bits per heavy atom. The van der Waals surface area contributed by atoms with Crippen LogP contribution in [0.4, 0.5) is 8.78 Å². The maximum absolute atomic E-state index is 14.0. The van der Waals surface area contributed by atoms with Gasteiger partial charge in [0.25, 0.3) is 5.92 Å². The van der Waals surface area contributed by atoms with E-state index in [-0.39, 0.29) is 19.4 Å².